The van der Waals surface area contributed by atoms with Gasteiger partial charge in [0, 0.05) is 18.6 Å². The number of urea groups is 1. The van der Waals surface area contributed by atoms with Gasteiger partial charge in [-0.05, 0) is 33.6 Å². The molecule has 0 aromatic rings. The number of carbonyl (C=O) groups is 1. The number of nitrogens with zero attached hydrogens (tertiary/aromatic N) is 2. The van der Waals surface area contributed by atoms with Crippen molar-refractivity contribution in [3.05, 3.63) is 0 Å². The number of hydrogen-bond acceptors (Lipinski definition) is 1. The molecule has 6 heteroatoms. The summed E-state index contributed by atoms with van der Waals surface area (Å²) >= 11 is 11.9. The topological polar surface area (TPSA) is 44.7 Å². The molecule has 2 amide bonds. The molecule has 0 aromatic carbocycles. The van der Waals surface area contributed by atoms with E-state index in [0.717, 1.165) is 25.9 Å². The first-order valence-corrected chi connectivity index (χ1v) is 7.61. The highest BCUT2D eigenvalue weighted by Gasteiger charge is 2.22. The molecule has 4 nitrogen and oxygen atoms in total. The third-order valence-electron chi connectivity index (χ3n) is 2.82. The maximum absolute atomic E-state index is 11.9. The molecular formula is C13H23Cl2N3O. The number of halogens is 2. The Morgan fingerprint density at radius 1 is 1.16 bits per heavy atom. The first-order valence-electron chi connectivity index (χ1n) is 6.73. The average molecular weight is 308 g/mol. The quantitative estimate of drug-likeness (QED) is 0.457. The van der Waals surface area contributed by atoms with E-state index in [1.807, 2.05) is 25.7 Å². The molecular weight excluding hydrogens is 285 g/mol. The molecule has 1 aliphatic rings. The van der Waals surface area contributed by atoms with Gasteiger partial charge in [0.05, 0.1) is 0 Å². The summed E-state index contributed by atoms with van der Waals surface area (Å²) in [5, 5.41) is 2.79. The fraction of sp³-hybridized carbons (Fsp3) is 0.846. The van der Waals surface area contributed by atoms with Crippen LogP contribution in [0.3, 0.4) is 0 Å². The Morgan fingerprint density at radius 2 is 1.68 bits per heavy atom. The van der Waals surface area contributed by atoms with E-state index in [1.54, 1.807) is 0 Å². The van der Waals surface area contributed by atoms with Crippen LogP contribution in [0.2, 0.25) is 0 Å². The summed E-state index contributed by atoms with van der Waals surface area (Å²) in [6, 6.07) is -0.391. The van der Waals surface area contributed by atoms with Crippen LogP contribution in [0.1, 0.15) is 46.5 Å². The fourth-order valence-electron chi connectivity index (χ4n) is 2.01. The van der Waals surface area contributed by atoms with Gasteiger partial charge in [-0.2, -0.15) is 4.99 Å². The van der Waals surface area contributed by atoms with Gasteiger partial charge in [0.1, 0.15) is 5.84 Å². The standard InChI is InChI=1S/C13H23Cl2N3O/c1-13(2,3)17-12(19)16-11(10(14)15)18-8-6-4-5-7-9-18/h10H,4-9H2,1-3H3,(H,17,19)/b16-11+. The van der Waals surface area contributed by atoms with Crippen LogP contribution in [-0.4, -0.2) is 40.2 Å². The molecule has 19 heavy (non-hydrogen) atoms. The number of aliphatic imine (C=N–C) groups is 1. The van der Waals surface area contributed by atoms with Gasteiger partial charge in [-0.25, -0.2) is 4.79 Å². The van der Waals surface area contributed by atoms with E-state index in [4.69, 9.17) is 23.2 Å². The van der Waals surface area contributed by atoms with Gasteiger partial charge >= 0.3 is 6.03 Å². The van der Waals surface area contributed by atoms with Crippen molar-refractivity contribution in [3.8, 4) is 0 Å². The average Bonchev–Trinajstić information content (AvgIpc) is 2.51. The predicted molar refractivity (Wildman–Crippen MR) is 81.3 cm³/mol. The fourth-order valence-corrected chi connectivity index (χ4v) is 2.38. The third kappa shape index (κ3) is 6.48. The van der Waals surface area contributed by atoms with Crippen LogP contribution in [0.25, 0.3) is 0 Å². The molecule has 0 unspecified atom stereocenters. The number of alkyl halides is 2. The lowest BCUT2D eigenvalue weighted by molar-refractivity contribution is 0.240. The molecule has 0 bridgehead atoms. The second-order valence-electron chi connectivity index (χ2n) is 5.85. The highest BCUT2D eigenvalue weighted by molar-refractivity contribution is 6.54. The first-order chi connectivity index (χ1) is 8.79. The highest BCUT2D eigenvalue weighted by atomic mass is 35.5. The number of carbonyl (C=O) groups excluding carboxylic acids is 1. The van der Waals surface area contributed by atoms with Crippen molar-refractivity contribution in [1.82, 2.24) is 10.2 Å². The maximum Gasteiger partial charge on any atom is 0.343 e. The van der Waals surface area contributed by atoms with Crippen LogP contribution in [0, 0.1) is 0 Å². The van der Waals surface area contributed by atoms with Crippen LogP contribution >= 0.6 is 23.2 Å². The minimum Gasteiger partial charge on any atom is -0.358 e. The summed E-state index contributed by atoms with van der Waals surface area (Å²) in [5.41, 5.74) is -0.321. The maximum atomic E-state index is 11.9. The molecule has 0 aliphatic carbocycles. The number of hydrogen-bond donors (Lipinski definition) is 1. The van der Waals surface area contributed by atoms with Gasteiger partial charge in [0.25, 0.3) is 0 Å². The van der Waals surface area contributed by atoms with E-state index in [2.05, 4.69) is 10.3 Å². The van der Waals surface area contributed by atoms with Crippen molar-refractivity contribution in [2.75, 3.05) is 13.1 Å². The summed E-state index contributed by atoms with van der Waals surface area (Å²) in [4.78, 5) is 17.2. The Labute approximate surface area is 125 Å². The lowest BCUT2D eigenvalue weighted by Gasteiger charge is -2.25. The molecule has 110 valence electrons. The van der Waals surface area contributed by atoms with E-state index in [0.29, 0.717) is 5.84 Å². The molecule has 0 atom stereocenters. The van der Waals surface area contributed by atoms with Crippen LogP contribution in [0.4, 0.5) is 4.79 Å². The molecule has 1 fully saturated rings. The molecule has 0 aromatic heterocycles. The molecule has 0 saturated carbocycles. The monoisotopic (exact) mass is 307 g/mol. The van der Waals surface area contributed by atoms with E-state index >= 15 is 0 Å². The van der Waals surface area contributed by atoms with E-state index < -0.39 is 10.9 Å². The van der Waals surface area contributed by atoms with Crippen molar-refractivity contribution < 1.29 is 4.79 Å². The second kappa shape index (κ2) is 7.34. The number of rotatable bonds is 1. The minimum atomic E-state index is -0.774. The zero-order chi connectivity index (χ0) is 14.5. The molecule has 1 aliphatic heterocycles. The van der Waals surface area contributed by atoms with Crippen molar-refractivity contribution in [2.24, 2.45) is 4.99 Å². The van der Waals surface area contributed by atoms with E-state index in [-0.39, 0.29) is 5.54 Å². The Bertz CT molecular complexity index is 329. The first kappa shape index (κ1) is 16.6. The van der Waals surface area contributed by atoms with Gasteiger partial charge in [0.2, 0.25) is 0 Å². The summed E-state index contributed by atoms with van der Waals surface area (Å²) in [7, 11) is 0. The largest absolute Gasteiger partial charge is 0.358 e. The lowest BCUT2D eigenvalue weighted by atomic mass is 10.1. The zero-order valence-corrected chi connectivity index (χ0v) is 13.4. The van der Waals surface area contributed by atoms with Crippen LogP contribution in [0.5, 0.6) is 0 Å². The van der Waals surface area contributed by atoms with Crippen molar-refractivity contribution in [1.29, 1.82) is 0 Å². The molecule has 1 N–H and O–H groups in total. The number of nitrogens with one attached hydrogen (secondary N) is 1. The summed E-state index contributed by atoms with van der Waals surface area (Å²) in [5.74, 6) is 0.465. The summed E-state index contributed by atoms with van der Waals surface area (Å²) in [6.07, 6.45) is 4.57. The Kier molecular flexibility index (Phi) is 6.40. The highest BCUT2D eigenvalue weighted by Crippen LogP contribution is 2.16. The Balaban J connectivity index is 2.77. The van der Waals surface area contributed by atoms with Gasteiger partial charge in [-0.15, -0.1) is 0 Å². The molecule has 1 saturated heterocycles. The van der Waals surface area contributed by atoms with Crippen LogP contribution < -0.4 is 5.32 Å². The van der Waals surface area contributed by atoms with Crippen LogP contribution in [-0.2, 0) is 0 Å². The van der Waals surface area contributed by atoms with Crippen molar-refractivity contribution >= 4 is 35.1 Å². The van der Waals surface area contributed by atoms with Crippen molar-refractivity contribution in [3.63, 3.8) is 0 Å². The summed E-state index contributed by atoms with van der Waals surface area (Å²) in [6.45, 7) is 7.44. The van der Waals surface area contributed by atoms with Gasteiger partial charge in [-0.1, -0.05) is 36.0 Å². The normalized spacial score (nSPS) is 18.4. The minimum absolute atomic E-state index is 0.321. The smallest absolute Gasteiger partial charge is 0.343 e. The molecule has 1 heterocycles. The summed E-state index contributed by atoms with van der Waals surface area (Å²) < 4.78 is 0. The number of likely N-dealkylation sites (tertiary alicyclic amines) is 1. The van der Waals surface area contributed by atoms with Gasteiger partial charge < -0.3 is 10.2 Å². The van der Waals surface area contributed by atoms with E-state index in [9.17, 15) is 4.79 Å². The molecule has 0 spiro atoms. The van der Waals surface area contributed by atoms with Crippen molar-refractivity contribution in [2.45, 2.75) is 56.8 Å². The van der Waals surface area contributed by atoms with Gasteiger partial charge in [0.15, 0.2) is 4.84 Å². The predicted octanol–water partition coefficient (Wildman–Crippen LogP) is 3.57. The Hall–Kier alpha value is -0.480. The second-order valence-corrected chi connectivity index (χ2v) is 6.95. The zero-order valence-electron chi connectivity index (χ0n) is 11.9. The SMILES string of the molecule is CC(C)(C)NC(=O)/N=C(\C(Cl)Cl)N1CCCCCC1. The van der Waals surface area contributed by atoms with E-state index in [1.165, 1.54) is 12.8 Å². The van der Waals surface area contributed by atoms with Gasteiger partial charge in [-0.3, -0.25) is 0 Å². The number of amides is 2. The third-order valence-corrected chi connectivity index (χ3v) is 3.21. The molecule has 1 rings (SSSR count). The number of amidine groups is 1. The lowest BCUT2D eigenvalue weighted by Crippen LogP contribution is -2.42. The Morgan fingerprint density at radius 3 is 2.11 bits per heavy atom. The molecule has 0 radical (unpaired) electrons. The van der Waals surface area contributed by atoms with Crippen LogP contribution in [0.15, 0.2) is 4.99 Å².